The second-order valence-electron chi connectivity index (χ2n) is 5.81. The van der Waals surface area contributed by atoms with Gasteiger partial charge in [-0.1, -0.05) is 27.7 Å². The number of ether oxygens (including phenoxy) is 1. The highest BCUT2D eigenvalue weighted by Gasteiger charge is 2.41. The van der Waals surface area contributed by atoms with Gasteiger partial charge in [0.05, 0.1) is 12.0 Å². The van der Waals surface area contributed by atoms with Gasteiger partial charge in [-0.25, -0.2) is 4.79 Å². The van der Waals surface area contributed by atoms with E-state index in [4.69, 9.17) is 5.26 Å². The summed E-state index contributed by atoms with van der Waals surface area (Å²) in [5, 5.41) is 8.18. The number of esters is 1. The van der Waals surface area contributed by atoms with E-state index in [-0.39, 0.29) is 11.4 Å². The molecule has 0 heterocycles. The Bertz CT molecular complexity index is 268. The van der Waals surface area contributed by atoms with Crippen LogP contribution in [0.1, 0.15) is 61.3 Å². The normalized spacial score (nSPS) is 11.2. The molecule has 0 unspecified atom stereocenters. The quantitative estimate of drug-likeness (QED) is 0.484. The van der Waals surface area contributed by atoms with Gasteiger partial charge in [0.15, 0.2) is 0 Å². The molecule has 0 aromatic carbocycles. The van der Waals surface area contributed by atoms with E-state index in [1.54, 1.807) is 13.8 Å². The van der Waals surface area contributed by atoms with E-state index >= 15 is 0 Å². The highest BCUT2D eigenvalue weighted by Crippen LogP contribution is 2.38. The second kappa shape index (κ2) is 8.91. The summed E-state index contributed by atoms with van der Waals surface area (Å²) in [6.45, 7) is 13.5. The predicted octanol–water partition coefficient (Wildman–Crippen LogP) is 3.42. The maximum atomic E-state index is 11.0. The predicted molar refractivity (Wildman–Crippen MR) is 73.5 cm³/mol. The molecule has 0 aromatic heterocycles. The van der Waals surface area contributed by atoms with Crippen LogP contribution in [0.5, 0.6) is 0 Å². The average Bonchev–Trinajstić information content (AvgIpc) is 2.28. The highest BCUT2D eigenvalue weighted by molar-refractivity contribution is 5.76. The first-order chi connectivity index (χ1) is 8.54. The second-order valence-corrected chi connectivity index (χ2v) is 5.81. The van der Waals surface area contributed by atoms with Crippen LogP contribution in [0.4, 0.5) is 0 Å². The molecule has 0 saturated carbocycles. The standard InChI is InChI=1S/C8H16O3.C6H12O2/c1-7(2,3)8(4,5)6(9)11-10;1-3-5-6(7)8-4-2/h10H,1-5H3;3-5H2,1-2H3. The van der Waals surface area contributed by atoms with Crippen LogP contribution in [0, 0.1) is 10.8 Å². The van der Waals surface area contributed by atoms with Crippen molar-refractivity contribution >= 4 is 11.9 Å². The van der Waals surface area contributed by atoms with E-state index in [0.717, 1.165) is 6.42 Å². The minimum atomic E-state index is -0.665. The Morgan fingerprint density at radius 1 is 1.05 bits per heavy atom. The summed E-state index contributed by atoms with van der Waals surface area (Å²) in [6, 6.07) is 0. The molecule has 19 heavy (non-hydrogen) atoms. The fourth-order valence-corrected chi connectivity index (χ4v) is 0.858. The van der Waals surface area contributed by atoms with Crippen LogP contribution in [-0.2, 0) is 19.2 Å². The third-order valence-electron chi connectivity index (χ3n) is 3.23. The molecular weight excluding hydrogens is 248 g/mol. The minimum absolute atomic E-state index is 0.0880. The van der Waals surface area contributed by atoms with E-state index in [9.17, 15) is 9.59 Å². The van der Waals surface area contributed by atoms with Crippen LogP contribution in [-0.4, -0.2) is 23.8 Å². The number of hydrogen-bond donors (Lipinski definition) is 1. The van der Waals surface area contributed by atoms with Crippen molar-refractivity contribution in [3.05, 3.63) is 0 Å². The number of carbonyl (C=O) groups is 2. The van der Waals surface area contributed by atoms with Crippen molar-refractivity contribution in [2.45, 2.75) is 61.3 Å². The highest BCUT2D eigenvalue weighted by atomic mass is 17.1. The lowest BCUT2D eigenvalue weighted by molar-refractivity contribution is -0.248. The number of rotatable bonds is 4. The monoisotopic (exact) mass is 276 g/mol. The number of carbonyl (C=O) groups excluding carboxylic acids is 2. The zero-order valence-electron chi connectivity index (χ0n) is 13.2. The van der Waals surface area contributed by atoms with Gasteiger partial charge in [-0.3, -0.25) is 4.79 Å². The van der Waals surface area contributed by atoms with Gasteiger partial charge in [-0.05, 0) is 32.6 Å². The molecule has 0 aliphatic rings. The lowest BCUT2D eigenvalue weighted by Crippen LogP contribution is -2.38. The Labute approximate surface area is 116 Å². The van der Waals surface area contributed by atoms with Gasteiger partial charge in [0, 0.05) is 6.42 Å². The molecule has 0 aromatic rings. The molecule has 0 rings (SSSR count). The Morgan fingerprint density at radius 3 is 1.74 bits per heavy atom. The summed E-state index contributed by atoms with van der Waals surface area (Å²) in [7, 11) is 0. The summed E-state index contributed by atoms with van der Waals surface area (Å²) in [6.07, 6.45) is 1.42. The lowest BCUT2D eigenvalue weighted by Gasteiger charge is -2.34. The zero-order valence-corrected chi connectivity index (χ0v) is 13.2. The van der Waals surface area contributed by atoms with E-state index < -0.39 is 11.4 Å². The van der Waals surface area contributed by atoms with Crippen LogP contribution in [0.3, 0.4) is 0 Å². The van der Waals surface area contributed by atoms with Crippen LogP contribution in [0.25, 0.3) is 0 Å². The molecule has 114 valence electrons. The van der Waals surface area contributed by atoms with E-state index in [0.29, 0.717) is 13.0 Å². The summed E-state index contributed by atoms with van der Waals surface area (Å²) in [5.41, 5.74) is -0.880. The van der Waals surface area contributed by atoms with Gasteiger partial charge < -0.3 is 9.62 Å². The van der Waals surface area contributed by atoms with Crippen LogP contribution < -0.4 is 0 Å². The molecule has 0 radical (unpaired) electrons. The Morgan fingerprint density at radius 2 is 1.53 bits per heavy atom. The average molecular weight is 276 g/mol. The van der Waals surface area contributed by atoms with Crippen molar-refractivity contribution in [3.8, 4) is 0 Å². The fraction of sp³-hybridized carbons (Fsp3) is 0.857. The van der Waals surface area contributed by atoms with Gasteiger partial charge in [-0.15, -0.1) is 0 Å². The van der Waals surface area contributed by atoms with Gasteiger partial charge in [-0.2, -0.15) is 5.26 Å². The Hall–Kier alpha value is -1.10. The van der Waals surface area contributed by atoms with Crippen LogP contribution >= 0.6 is 0 Å². The molecule has 0 saturated heterocycles. The molecule has 0 spiro atoms. The molecule has 0 aliphatic heterocycles. The van der Waals surface area contributed by atoms with Crippen LogP contribution in [0.15, 0.2) is 0 Å². The molecule has 5 nitrogen and oxygen atoms in total. The summed E-state index contributed by atoms with van der Waals surface area (Å²) in [4.78, 5) is 25.1. The van der Waals surface area contributed by atoms with Gasteiger partial charge in [0.2, 0.25) is 0 Å². The molecule has 0 amide bonds. The molecule has 5 heteroatoms. The van der Waals surface area contributed by atoms with Gasteiger partial charge in [0.25, 0.3) is 0 Å². The molecule has 1 N–H and O–H groups in total. The van der Waals surface area contributed by atoms with E-state index in [1.165, 1.54) is 0 Å². The van der Waals surface area contributed by atoms with Crippen LogP contribution in [0.2, 0.25) is 0 Å². The van der Waals surface area contributed by atoms with Crippen molar-refractivity contribution in [2.24, 2.45) is 10.8 Å². The molecular formula is C14H28O5. The van der Waals surface area contributed by atoms with E-state index in [1.807, 2.05) is 34.6 Å². The number of hydrogen-bond acceptors (Lipinski definition) is 5. The summed E-state index contributed by atoms with van der Waals surface area (Å²) in [5.74, 6) is -0.681. The van der Waals surface area contributed by atoms with Crippen molar-refractivity contribution in [1.82, 2.24) is 0 Å². The summed E-state index contributed by atoms with van der Waals surface area (Å²) < 4.78 is 4.64. The molecule has 0 aliphatic carbocycles. The Balaban J connectivity index is 0. The first-order valence-corrected chi connectivity index (χ1v) is 6.56. The Kier molecular flexibility index (Phi) is 9.48. The smallest absolute Gasteiger partial charge is 0.348 e. The first-order valence-electron chi connectivity index (χ1n) is 6.56. The summed E-state index contributed by atoms with van der Waals surface area (Å²) >= 11 is 0. The SMILES string of the molecule is CC(C)(C)C(C)(C)C(=O)OO.CCCC(=O)OCC. The van der Waals surface area contributed by atoms with E-state index in [2.05, 4.69) is 9.62 Å². The molecule has 0 fully saturated rings. The van der Waals surface area contributed by atoms with Crippen molar-refractivity contribution in [1.29, 1.82) is 0 Å². The first kappa shape index (κ1) is 20.2. The van der Waals surface area contributed by atoms with Crippen molar-refractivity contribution < 1.29 is 24.5 Å². The maximum Gasteiger partial charge on any atom is 0.348 e. The van der Waals surface area contributed by atoms with Crippen molar-refractivity contribution in [3.63, 3.8) is 0 Å². The lowest BCUT2D eigenvalue weighted by atomic mass is 9.69. The minimum Gasteiger partial charge on any atom is -0.466 e. The topological polar surface area (TPSA) is 72.8 Å². The fourth-order valence-electron chi connectivity index (χ4n) is 0.858. The third kappa shape index (κ3) is 7.82. The van der Waals surface area contributed by atoms with Crippen molar-refractivity contribution in [2.75, 3.05) is 6.61 Å². The van der Waals surface area contributed by atoms with Gasteiger partial charge >= 0.3 is 11.9 Å². The zero-order chi connectivity index (χ0) is 15.7. The molecule has 0 atom stereocenters. The molecule has 0 bridgehead atoms. The maximum absolute atomic E-state index is 11.0. The van der Waals surface area contributed by atoms with Gasteiger partial charge in [0.1, 0.15) is 0 Å². The largest absolute Gasteiger partial charge is 0.466 e. The third-order valence-corrected chi connectivity index (χ3v) is 3.23.